The zero-order valence-corrected chi connectivity index (χ0v) is 29.9. The SMILES string of the molecule is COc1cc(C)c(-c2c(C)nn(-c3[c-]c(Oc4[c-]c5c(cc4)c4ccccc4n5-c4cc(C)ccn4)ccc3)c2C(C)C)c(C)c1.[Pt+2]. The third-order valence-corrected chi connectivity index (χ3v) is 8.52. The molecular weight excluding hydrogens is 764 g/mol. The van der Waals surface area contributed by atoms with Crippen molar-refractivity contribution in [2.24, 2.45) is 0 Å². The van der Waals surface area contributed by atoms with Crippen LogP contribution in [0.15, 0.2) is 85.1 Å². The summed E-state index contributed by atoms with van der Waals surface area (Å²) in [6.07, 6.45) is 1.84. The quantitative estimate of drug-likeness (QED) is 0.151. The van der Waals surface area contributed by atoms with Crippen LogP contribution in [-0.2, 0) is 21.1 Å². The zero-order valence-electron chi connectivity index (χ0n) is 27.6. The molecule has 0 radical (unpaired) electrons. The number of aromatic nitrogens is 4. The van der Waals surface area contributed by atoms with Crippen LogP contribution >= 0.6 is 0 Å². The monoisotopic (exact) mass is 799 g/mol. The summed E-state index contributed by atoms with van der Waals surface area (Å²) in [5, 5.41) is 7.29. The third-order valence-electron chi connectivity index (χ3n) is 8.52. The van der Waals surface area contributed by atoms with E-state index in [1.165, 1.54) is 5.56 Å². The number of rotatable bonds is 7. The second-order valence-electron chi connectivity index (χ2n) is 12.2. The van der Waals surface area contributed by atoms with E-state index in [9.17, 15) is 0 Å². The maximum atomic E-state index is 6.45. The molecular formula is C40H36N4O2Pt. The first-order valence-corrected chi connectivity index (χ1v) is 15.6. The Morgan fingerprint density at radius 2 is 1.51 bits per heavy atom. The molecule has 6 nitrogen and oxygen atoms in total. The normalized spacial score (nSPS) is 11.3. The number of fused-ring (bicyclic) bond motifs is 3. The summed E-state index contributed by atoms with van der Waals surface area (Å²) in [5.41, 5.74) is 10.7. The Balaban J connectivity index is 0.00000386. The smallest absolute Gasteiger partial charge is 0.509 e. The van der Waals surface area contributed by atoms with Gasteiger partial charge >= 0.3 is 21.1 Å². The van der Waals surface area contributed by atoms with Crippen LogP contribution < -0.4 is 9.47 Å². The van der Waals surface area contributed by atoms with E-state index in [2.05, 4.69) is 107 Å². The molecule has 7 rings (SSSR count). The fourth-order valence-electron chi connectivity index (χ4n) is 6.56. The minimum atomic E-state index is 0. The molecule has 3 aromatic heterocycles. The van der Waals surface area contributed by atoms with Gasteiger partial charge in [-0.1, -0.05) is 37.6 Å². The van der Waals surface area contributed by atoms with Gasteiger partial charge in [-0.15, -0.1) is 35.7 Å². The van der Waals surface area contributed by atoms with Gasteiger partial charge in [0.25, 0.3) is 0 Å². The van der Waals surface area contributed by atoms with E-state index in [0.29, 0.717) is 11.5 Å². The van der Waals surface area contributed by atoms with Crippen LogP contribution in [0.2, 0.25) is 0 Å². The molecule has 4 aromatic carbocycles. The van der Waals surface area contributed by atoms with Gasteiger partial charge in [-0.2, -0.15) is 17.2 Å². The van der Waals surface area contributed by atoms with Gasteiger partial charge in [0.05, 0.1) is 18.5 Å². The van der Waals surface area contributed by atoms with Crippen LogP contribution in [0, 0.1) is 39.8 Å². The summed E-state index contributed by atoms with van der Waals surface area (Å²) in [5.74, 6) is 3.11. The number of para-hydroxylation sites is 1. The number of aryl methyl sites for hydroxylation is 4. The second-order valence-corrected chi connectivity index (χ2v) is 12.2. The molecule has 3 heterocycles. The van der Waals surface area contributed by atoms with Gasteiger partial charge in [0.1, 0.15) is 11.6 Å². The van der Waals surface area contributed by atoms with E-state index in [-0.39, 0.29) is 27.0 Å². The van der Waals surface area contributed by atoms with Crippen LogP contribution in [0.25, 0.3) is 44.4 Å². The van der Waals surface area contributed by atoms with Crippen molar-refractivity contribution in [2.45, 2.75) is 47.5 Å². The molecule has 0 spiro atoms. The minimum Gasteiger partial charge on any atom is -0.509 e. The van der Waals surface area contributed by atoms with Gasteiger partial charge in [-0.05, 0) is 97.3 Å². The first kappa shape index (κ1) is 32.3. The standard InChI is InChI=1S/C40H36N4O2.Pt/c1-24(2)40-39(38-26(4)20-32(45-7)21-27(38)5)28(6)42-44(40)29-11-10-12-30(22-29)46-31-15-16-34-33-13-8-9-14-35(33)43(36(34)23-31)37-19-25(3)17-18-41-37;/h8-21,24H,1-7H3;/q-2;+2. The fraction of sp³-hybridized carbons (Fsp3) is 0.200. The van der Waals surface area contributed by atoms with Gasteiger partial charge in [-0.3, -0.25) is 4.68 Å². The Morgan fingerprint density at radius 1 is 0.766 bits per heavy atom. The summed E-state index contributed by atoms with van der Waals surface area (Å²) in [4.78, 5) is 4.69. The number of hydrogen-bond acceptors (Lipinski definition) is 4. The van der Waals surface area contributed by atoms with Gasteiger partial charge < -0.3 is 14.0 Å². The molecule has 0 atom stereocenters. The number of ether oxygens (including phenoxy) is 2. The van der Waals surface area contributed by atoms with Crippen molar-refractivity contribution in [1.29, 1.82) is 0 Å². The Kier molecular flexibility index (Phi) is 8.82. The average Bonchev–Trinajstić information content (AvgIpc) is 3.55. The molecule has 0 saturated carbocycles. The van der Waals surface area contributed by atoms with E-state index < -0.39 is 0 Å². The number of hydrogen-bond donors (Lipinski definition) is 0. The largest absolute Gasteiger partial charge is 2.00 e. The molecule has 7 aromatic rings. The van der Waals surface area contributed by atoms with E-state index in [1.807, 2.05) is 41.2 Å². The van der Waals surface area contributed by atoms with Crippen LogP contribution in [-0.4, -0.2) is 26.4 Å². The topological polar surface area (TPSA) is 54.1 Å². The first-order chi connectivity index (χ1) is 22.2. The van der Waals surface area contributed by atoms with E-state index in [1.54, 1.807) is 7.11 Å². The average molecular weight is 800 g/mol. The van der Waals surface area contributed by atoms with Gasteiger partial charge in [0.15, 0.2) is 0 Å². The molecule has 7 heteroatoms. The molecule has 0 saturated heterocycles. The Labute approximate surface area is 290 Å². The van der Waals surface area contributed by atoms with Crippen LogP contribution in [0.5, 0.6) is 17.2 Å². The Morgan fingerprint density at radius 3 is 2.23 bits per heavy atom. The molecule has 0 unspecified atom stereocenters. The fourth-order valence-corrected chi connectivity index (χ4v) is 6.56. The summed E-state index contributed by atoms with van der Waals surface area (Å²) in [6, 6.07) is 33.7. The maximum Gasteiger partial charge on any atom is 2.00 e. The number of pyridine rings is 1. The zero-order chi connectivity index (χ0) is 32.1. The van der Waals surface area contributed by atoms with Crippen molar-refractivity contribution in [1.82, 2.24) is 19.3 Å². The number of benzene rings is 4. The first-order valence-electron chi connectivity index (χ1n) is 15.6. The van der Waals surface area contributed by atoms with Crippen molar-refractivity contribution >= 4 is 21.8 Å². The summed E-state index contributed by atoms with van der Waals surface area (Å²) >= 11 is 0. The van der Waals surface area contributed by atoms with E-state index >= 15 is 0 Å². The molecule has 0 N–H and O–H groups in total. The minimum absolute atomic E-state index is 0. The predicted octanol–water partition coefficient (Wildman–Crippen LogP) is 9.79. The summed E-state index contributed by atoms with van der Waals surface area (Å²) < 4.78 is 16.1. The summed E-state index contributed by atoms with van der Waals surface area (Å²) in [7, 11) is 1.71. The maximum absolute atomic E-state index is 6.45. The van der Waals surface area contributed by atoms with Gasteiger partial charge in [-0.25, -0.2) is 4.98 Å². The number of nitrogens with zero attached hydrogens (tertiary/aromatic N) is 4. The van der Waals surface area contributed by atoms with Crippen LogP contribution in [0.4, 0.5) is 0 Å². The van der Waals surface area contributed by atoms with Crippen LogP contribution in [0.1, 0.15) is 47.8 Å². The second kappa shape index (κ2) is 12.8. The third kappa shape index (κ3) is 5.76. The molecule has 0 aliphatic rings. The van der Waals surface area contributed by atoms with Crippen molar-refractivity contribution < 1.29 is 30.5 Å². The van der Waals surface area contributed by atoms with E-state index in [0.717, 1.165) is 72.7 Å². The number of methoxy groups -OCH3 is 1. The van der Waals surface area contributed by atoms with Crippen molar-refractivity contribution in [3.63, 3.8) is 0 Å². The molecule has 47 heavy (non-hydrogen) atoms. The van der Waals surface area contributed by atoms with Crippen LogP contribution in [0.3, 0.4) is 0 Å². The molecule has 0 bridgehead atoms. The Bertz CT molecular complexity index is 2240. The van der Waals surface area contributed by atoms with Crippen molar-refractivity contribution in [2.75, 3.05) is 7.11 Å². The van der Waals surface area contributed by atoms with Crippen molar-refractivity contribution in [3.8, 4) is 39.9 Å². The van der Waals surface area contributed by atoms with Gasteiger partial charge in [0, 0.05) is 28.8 Å². The summed E-state index contributed by atoms with van der Waals surface area (Å²) in [6.45, 7) is 12.8. The predicted molar refractivity (Wildman–Crippen MR) is 185 cm³/mol. The molecule has 0 aliphatic carbocycles. The Hall–Kier alpha value is -4.67. The molecule has 0 amide bonds. The van der Waals surface area contributed by atoms with E-state index in [4.69, 9.17) is 19.6 Å². The molecule has 238 valence electrons. The van der Waals surface area contributed by atoms with Gasteiger partial charge in [0.2, 0.25) is 0 Å². The molecule has 0 fully saturated rings. The molecule has 0 aliphatic heterocycles. The van der Waals surface area contributed by atoms with Crippen molar-refractivity contribution in [3.05, 3.63) is 125 Å².